The van der Waals surface area contributed by atoms with E-state index in [4.69, 9.17) is 4.74 Å². The number of para-hydroxylation sites is 1. The van der Waals surface area contributed by atoms with Crippen molar-refractivity contribution in [3.63, 3.8) is 0 Å². The molecular weight excluding hydrogens is 290 g/mol. The van der Waals surface area contributed by atoms with Crippen molar-refractivity contribution in [2.45, 2.75) is 27.2 Å². The number of anilines is 1. The van der Waals surface area contributed by atoms with E-state index in [1.165, 1.54) is 6.92 Å². The molecule has 0 aliphatic rings. The first kappa shape index (κ1) is 16.7. The molecule has 0 fully saturated rings. The fourth-order valence-electron chi connectivity index (χ4n) is 2.31. The number of hydrogen-bond acceptors (Lipinski definition) is 3. The molecule has 0 spiro atoms. The Bertz CT molecular complexity index is 705. The Morgan fingerprint density at radius 2 is 1.78 bits per heavy atom. The molecule has 0 saturated heterocycles. The molecule has 2 aromatic carbocycles. The molecule has 23 heavy (non-hydrogen) atoms. The third-order valence-corrected chi connectivity index (χ3v) is 3.64. The molecule has 0 aliphatic heterocycles. The predicted octanol–water partition coefficient (Wildman–Crippen LogP) is 3.78. The van der Waals surface area contributed by atoms with E-state index in [9.17, 15) is 9.59 Å². The molecule has 0 radical (unpaired) electrons. The van der Waals surface area contributed by atoms with Gasteiger partial charge in [-0.05, 0) is 55.7 Å². The quantitative estimate of drug-likeness (QED) is 0.826. The normalized spacial score (nSPS) is 10.2. The molecule has 0 atom stereocenters. The van der Waals surface area contributed by atoms with Crippen LogP contribution in [0.2, 0.25) is 0 Å². The van der Waals surface area contributed by atoms with Crippen LogP contribution in [0.5, 0.6) is 5.75 Å². The summed E-state index contributed by atoms with van der Waals surface area (Å²) in [5, 5.41) is 2.91. The Morgan fingerprint density at radius 1 is 1.09 bits per heavy atom. The third kappa shape index (κ3) is 4.42. The van der Waals surface area contributed by atoms with E-state index < -0.39 is 0 Å². The largest absolute Gasteiger partial charge is 0.484 e. The number of carbonyl (C=O) groups excluding carboxylic acids is 2. The average molecular weight is 311 g/mol. The van der Waals surface area contributed by atoms with Crippen molar-refractivity contribution >= 4 is 17.4 Å². The zero-order valence-electron chi connectivity index (χ0n) is 13.7. The van der Waals surface area contributed by atoms with Gasteiger partial charge < -0.3 is 10.1 Å². The molecule has 120 valence electrons. The Morgan fingerprint density at radius 3 is 2.39 bits per heavy atom. The van der Waals surface area contributed by atoms with Gasteiger partial charge >= 0.3 is 0 Å². The Labute approximate surface area is 136 Å². The average Bonchev–Trinajstić information content (AvgIpc) is 2.55. The number of amides is 1. The monoisotopic (exact) mass is 311 g/mol. The number of hydrogen-bond donors (Lipinski definition) is 1. The summed E-state index contributed by atoms with van der Waals surface area (Å²) in [6, 6.07) is 12.7. The van der Waals surface area contributed by atoms with Crippen LogP contribution in [-0.4, -0.2) is 18.3 Å². The molecule has 2 aromatic rings. The number of ketones is 1. The number of rotatable bonds is 6. The number of Topliss-reactive ketones (excluding diaryl/α,β-unsaturated/α-hetero) is 1. The number of aryl methyl sites for hydroxylation is 2. The lowest BCUT2D eigenvalue weighted by atomic mass is 10.1. The van der Waals surface area contributed by atoms with Crippen LogP contribution in [-0.2, 0) is 11.2 Å². The fourth-order valence-corrected chi connectivity index (χ4v) is 2.31. The zero-order chi connectivity index (χ0) is 16.8. The van der Waals surface area contributed by atoms with Gasteiger partial charge in [0.25, 0.3) is 5.91 Å². The first-order valence-corrected chi connectivity index (χ1v) is 7.63. The van der Waals surface area contributed by atoms with E-state index in [0.717, 1.165) is 23.2 Å². The first-order valence-electron chi connectivity index (χ1n) is 7.63. The van der Waals surface area contributed by atoms with E-state index in [2.05, 4.69) is 12.2 Å². The summed E-state index contributed by atoms with van der Waals surface area (Å²) < 4.78 is 5.46. The summed E-state index contributed by atoms with van der Waals surface area (Å²) >= 11 is 0. The van der Waals surface area contributed by atoms with Crippen molar-refractivity contribution < 1.29 is 14.3 Å². The van der Waals surface area contributed by atoms with E-state index in [1.807, 2.05) is 25.1 Å². The van der Waals surface area contributed by atoms with Crippen LogP contribution in [0.4, 0.5) is 5.69 Å². The molecular formula is C19H21NO3. The molecule has 0 bridgehead atoms. The minimum atomic E-state index is -0.204. The highest BCUT2D eigenvalue weighted by Crippen LogP contribution is 2.21. The van der Waals surface area contributed by atoms with Crippen molar-refractivity contribution in [1.29, 1.82) is 0 Å². The predicted molar refractivity (Wildman–Crippen MR) is 91.1 cm³/mol. The van der Waals surface area contributed by atoms with Crippen LogP contribution >= 0.6 is 0 Å². The van der Waals surface area contributed by atoms with Crippen molar-refractivity contribution in [3.8, 4) is 5.75 Å². The highest BCUT2D eigenvalue weighted by molar-refractivity contribution is 5.94. The Kier molecular flexibility index (Phi) is 5.52. The smallest absolute Gasteiger partial charge is 0.262 e. The molecule has 0 unspecified atom stereocenters. The molecule has 4 heteroatoms. The van der Waals surface area contributed by atoms with Gasteiger partial charge in [-0.1, -0.05) is 25.1 Å². The minimum Gasteiger partial charge on any atom is -0.484 e. The third-order valence-electron chi connectivity index (χ3n) is 3.64. The van der Waals surface area contributed by atoms with Gasteiger partial charge in [0.2, 0.25) is 0 Å². The lowest BCUT2D eigenvalue weighted by Crippen LogP contribution is -2.21. The molecule has 4 nitrogen and oxygen atoms in total. The van der Waals surface area contributed by atoms with Gasteiger partial charge in [0.1, 0.15) is 5.75 Å². The topological polar surface area (TPSA) is 55.4 Å². The molecule has 0 aliphatic carbocycles. The van der Waals surface area contributed by atoms with Gasteiger partial charge in [-0.3, -0.25) is 9.59 Å². The zero-order valence-corrected chi connectivity index (χ0v) is 13.7. The van der Waals surface area contributed by atoms with Crippen LogP contribution in [0.1, 0.15) is 35.3 Å². The minimum absolute atomic E-state index is 0.000871. The number of benzene rings is 2. The molecule has 1 N–H and O–H groups in total. The molecule has 0 aromatic heterocycles. The Balaban J connectivity index is 1.97. The number of nitrogens with one attached hydrogen (secondary N) is 1. The van der Waals surface area contributed by atoms with Gasteiger partial charge in [0, 0.05) is 11.3 Å². The van der Waals surface area contributed by atoms with Crippen LogP contribution in [0, 0.1) is 6.92 Å². The summed E-state index contributed by atoms with van der Waals surface area (Å²) in [5.74, 6) is 0.358. The SMILES string of the molecule is CCc1cccc(C)c1NC(=O)COc1ccc(C(C)=O)cc1. The summed E-state index contributed by atoms with van der Waals surface area (Å²) in [5.41, 5.74) is 3.61. The van der Waals surface area contributed by atoms with E-state index in [1.54, 1.807) is 24.3 Å². The van der Waals surface area contributed by atoms with Gasteiger partial charge in [-0.15, -0.1) is 0 Å². The number of ether oxygens (including phenoxy) is 1. The second-order valence-electron chi connectivity index (χ2n) is 5.38. The standard InChI is InChI=1S/C19H21NO3/c1-4-15-7-5-6-13(2)19(15)20-18(22)12-23-17-10-8-16(9-11-17)14(3)21/h5-11H,4,12H2,1-3H3,(H,20,22). The van der Waals surface area contributed by atoms with Crippen molar-refractivity contribution in [3.05, 3.63) is 59.2 Å². The summed E-state index contributed by atoms with van der Waals surface area (Å²) in [6.45, 7) is 5.46. The van der Waals surface area contributed by atoms with Crippen LogP contribution in [0.3, 0.4) is 0 Å². The van der Waals surface area contributed by atoms with Crippen molar-refractivity contribution in [2.75, 3.05) is 11.9 Å². The van der Waals surface area contributed by atoms with Gasteiger partial charge in [-0.2, -0.15) is 0 Å². The molecule has 0 heterocycles. The fraction of sp³-hybridized carbons (Fsp3) is 0.263. The maximum atomic E-state index is 12.1. The summed E-state index contributed by atoms with van der Waals surface area (Å²) in [6.07, 6.45) is 0.852. The summed E-state index contributed by atoms with van der Waals surface area (Å²) in [7, 11) is 0. The van der Waals surface area contributed by atoms with Crippen molar-refractivity contribution in [2.24, 2.45) is 0 Å². The van der Waals surface area contributed by atoms with Crippen LogP contribution in [0.15, 0.2) is 42.5 Å². The second kappa shape index (κ2) is 7.58. The summed E-state index contributed by atoms with van der Waals surface area (Å²) in [4.78, 5) is 23.3. The lowest BCUT2D eigenvalue weighted by Gasteiger charge is -2.13. The van der Waals surface area contributed by atoms with Gasteiger partial charge in [0.15, 0.2) is 12.4 Å². The van der Waals surface area contributed by atoms with Gasteiger partial charge in [0.05, 0.1) is 0 Å². The highest BCUT2D eigenvalue weighted by atomic mass is 16.5. The maximum absolute atomic E-state index is 12.1. The van der Waals surface area contributed by atoms with Crippen molar-refractivity contribution in [1.82, 2.24) is 0 Å². The Hall–Kier alpha value is -2.62. The van der Waals surface area contributed by atoms with Gasteiger partial charge in [-0.25, -0.2) is 0 Å². The van der Waals surface area contributed by atoms with E-state index in [0.29, 0.717) is 11.3 Å². The lowest BCUT2D eigenvalue weighted by molar-refractivity contribution is -0.118. The first-order chi connectivity index (χ1) is 11.0. The molecule has 2 rings (SSSR count). The second-order valence-corrected chi connectivity index (χ2v) is 5.38. The maximum Gasteiger partial charge on any atom is 0.262 e. The number of carbonyl (C=O) groups is 2. The van der Waals surface area contributed by atoms with Crippen LogP contribution < -0.4 is 10.1 Å². The molecule has 1 amide bonds. The van der Waals surface area contributed by atoms with E-state index >= 15 is 0 Å². The van der Waals surface area contributed by atoms with Crippen LogP contribution in [0.25, 0.3) is 0 Å². The highest BCUT2D eigenvalue weighted by Gasteiger charge is 2.09. The van der Waals surface area contributed by atoms with E-state index in [-0.39, 0.29) is 18.3 Å². The molecule has 0 saturated carbocycles.